The highest BCUT2D eigenvalue weighted by molar-refractivity contribution is 7.89. The number of hydrogen-bond donors (Lipinski definition) is 3. The second-order valence-electron chi connectivity index (χ2n) is 7.95. The van der Waals surface area contributed by atoms with Gasteiger partial charge in [0.25, 0.3) is 0 Å². The first-order valence-electron chi connectivity index (χ1n) is 9.97. The van der Waals surface area contributed by atoms with Crippen molar-refractivity contribution in [3.05, 3.63) is 29.8 Å². The average molecular weight is 395 g/mol. The van der Waals surface area contributed by atoms with Gasteiger partial charge in [-0.3, -0.25) is 4.79 Å². The lowest BCUT2D eigenvalue weighted by Crippen LogP contribution is -2.40. The summed E-state index contributed by atoms with van der Waals surface area (Å²) in [5.74, 6) is -0.0880. The molecule has 150 valence electrons. The zero-order chi connectivity index (χ0) is 19.3. The molecule has 2 saturated carbocycles. The second-order valence-corrected chi connectivity index (χ2v) is 9.67. The van der Waals surface area contributed by atoms with Crippen molar-refractivity contribution in [2.45, 2.75) is 80.7 Å². The summed E-state index contributed by atoms with van der Waals surface area (Å²) in [6.07, 6.45) is 8.34. The molecule has 7 heteroatoms. The number of nitrogens with one attached hydrogen (secondary N) is 2. The van der Waals surface area contributed by atoms with Crippen molar-refractivity contribution in [2.75, 3.05) is 6.54 Å². The summed E-state index contributed by atoms with van der Waals surface area (Å²) in [6, 6.07) is 6.78. The Kier molecular flexibility index (Phi) is 6.55. The average Bonchev–Trinajstić information content (AvgIpc) is 3.30. The minimum atomic E-state index is -3.47. The van der Waals surface area contributed by atoms with E-state index in [1.54, 1.807) is 24.3 Å². The monoisotopic (exact) mass is 394 g/mol. The van der Waals surface area contributed by atoms with Crippen LogP contribution in [0.5, 0.6) is 0 Å². The molecule has 3 N–H and O–H groups in total. The molecule has 0 atom stereocenters. The van der Waals surface area contributed by atoms with Gasteiger partial charge in [0.1, 0.15) is 0 Å². The number of rotatable bonds is 8. The fourth-order valence-corrected chi connectivity index (χ4v) is 5.29. The van der Waals surface area contributed by atoms with Crippen LogP contribution in [0.3, 0.4) is 0 Å². The molecule has 0 unspecified atom stereocenters. The summed E-state index contributed by atoms with van der Waals surface area (Å²) < 4.78 is 27.6. The summed E-state index contributed by atoms with van der Waals surface area (Å²) in [5, 5.41) is 13.1. The largest absolute Gasteiger partial charge is 0.388 e. The van der Waals surface area contributed by atoms with E-state index in [9.17, 15) is 18.3 Å². The van der Waals surface area contributed by atoms with Crippen LogP contribution in [0.4, 0.5) is 0 Å². The van der Waals surface area contributed by atoms with Gasteiger partial charge >= 0.3 is 0 Å². The van der Waals surface area contributed by atoms with Crippen LogP contribution in [0.15, 0.2) is 29.2 Å². The summed E-state index contributed by atoms with van der Waals surface area (Å²) in [5.41, 5.74) is 0.183. The van der Waals surface area contributed by atoms with Crippen LogP contribution < -0.4 is 10.0 Å². The molecule has 1 aromatic carbocycles. The molecular weight excluding hydrogens is 364 g/mol. The van der Waals surface area contributed by atoms with Crippen LogP contribution in [-0.2, 0) is 21.2 Å². The van der Waals surface area contributed by atoms with Crippen LogP contribution in [0.25, 0.3) is 0 Å². The molecule has 0 radical (unpaired) electrons. The third kappa shape index (κ3) is 5.77. The Bertz CT molecular complexity index is 734. The fourth-order valence-electron chi connectivity index (χ4n) is 3.99. The molecule has 0 saturated heterocycles. The summed E-state index contributed by atoms with van der Waals surface area (Å²) >= 11 is 0. The number of benzene rings is 1. The first kappa shape index (κ1) is 20.3. The van der Waals surface area contributed by atoms with Gasteiger partial charge in [0.2, 0.25) is 15.9 Å². The normalized spacial score (nSPS) is 20.0. The van der Waals surface area contributed by atoms with Crippen molar-refractivity contribution < 1.29 is 18.3 Å². The number of amides is 1. The van der Waals surface area contributed by atoms with Crippen LogP contribution >= 0.6 is 0 Å². The predicted octanol–water partition coefficient (Wildman–Crippen LogP) is 2.26. The minimum Gasteiger partial charge on any atom is -0.388 e. The molecule has 2 aliphatic rings. The van der Waals surface area contributed by atoms with E-state index in [0.29, 0.717) is 19.4 Å². The highest BCUT2D eigenvalue weighted by Gasteiger charge is 2.31. The zero-order valence-electron chi connectivity index (χ0n) is 15.7. The van der Waals surface area contributed by atoms with E-state index in [0.717, 1.165) is 56.9 Å². The number of aryl methyl sites for hydroxylation is 1. The van der Waals surface area contributed by atoms with Crippen molar-refractivity contribution in [3.8, 4) is 0 Å². The molecule has 0 bridgehead atoms. The first-order valence-corrected chi connectivity index (χ1v) is 11.5. The van der Waals surface area contributed by atoms with E-state index in [1.165, 1.54) is 0 Å². The van der Waals surface area contributed by atoms with Crippen molar-refractivity contribution in [3.63, 3.8) is 0 Å². The van der Waals surface area contributed by atoms with Crippen LogP contribution in [0.1, 0.15) is 63.4 Å². The van der Waals surface area contributed by atoms with Gasteiger partial charge in [-0.1, -0.05) is 37.8 Å². The minimum absolute atomic E-state index is 0.0491. The Morgan fingerprint density at radius 2 is 1.70 bits per heavy atom. The van der Waals surface area contributed by atoms with Gasteiger partial charge in [-0.25, -0.2) is 13.1 Å². The van der Waals surface area contributed by atoms with Crippen LogP contribution in [-0.4, -0.2) is 37.6 Å². The SMILES string of the molecule is O=C(CCc1ccc(S(=O)(=O)NC2CCCC2)cc1)NCC1(O)CCCC1. The van der Waals surface area contributed by atoms with Crippen molar-refractivity contribution in [1.82, 2.24) is 10.0 Å². The van der Waals surface area contributed by atoms with Crippen molar-refractivity contribution in [2.24, 2.45) is 0 Å². The van der Waals surface area contributed by atoms with E-state index in [-0.39, 0.29) is 16.8 Å². The van der Waals surface area contributed by atoms with E-state index >= 15 is 0 Å². The van der Waals surface area contributed by atoms with E-state index in [4.69, 9.17) is 0 Å². The van der Waals surface area contributed by atoms with E-state index in [1.807, 2.05) is 0 Å². The molecule has 0 heterocycles. The third-order valence-corrected chi connectivity index (χ3v) is 7.24. The molecule has 0 spiro atoms. The molecule has 27 heavy (non-hydrogen) atoms. The smallest absolute Gasteiger partial charge is 0.240 e. The molecule has 1 aromatic rings. The van der Waals surface area contributed by atoms with Crippen molar-refractivity contribution >= 4 is 15.9 Å². The maximum atomic E-state index is 12.4. The Hall–Kier alpha value is -1.44. The molecule has 3 rings (SSSR count). The lowest BCUT2D eigenvalue weighted by Gasteiger charge is -2.22. The Balaban J connectivity index is 1.46. The second kappa shape index (κ2) is 8.71. The summed E-state index contributed by atoms with van der Waals surface area (Å²) in [4.78, 5) is 12.3. The Morgan fingerprint density at radius 3 is 2.33 bits per heavy atom. The predicted molar refractivity (Wildman–Crippen MR) is 104 cm³/mol. The molecule has 0 aromatic heterocycles. The van der Waals surface area contributed by atoms with Crippen LogP contribution in [0.2, 0.25) is 0 Å². The lowest BCUT2D eigenvalue weighted by molar-refractivity contribution is -0.122. The van der Waals surface area contributed by atoms with Gasteiger partial charge in [0.15, 0.2) is 0 Å². The van der Waals surface area contributed by atoms with E-state index < -0.39 is 15.6 Å². The van der Waals surface area contributed by atoms with Gasteiger partial charge in [-0.05, 0) is 49.8 Å². The number of carbonyl (C=O) groups excluding carboxylic acids is 1. The first-order chi connectivity index (χ1) is 12.9. The highest BCUT2D eigenvalue weighted by Crippen LogP contribution is 2.28. The summed E-state index contributed by atoms with van der Waals surface area (Å²) in [6.45, 7) is 0.315. The molecule has 1 amide bonds. The topological polar surface area (TPSA) is 95.5 Å². The standard InChI is InChI=1S/C20H30N2O4S/c23-19(21-15-20(24)13-3-4-14-20)12-9-16-7-10-18(11-8-16)27(25,26)22-17-5-1-2-6-17/h7-8,10-11,17,22,24H,1-6,9,12-15H2,(H,21,23). The molecule has 2 fully saturated rings. The molecule has 0 aliphatic heterocycles. The van der Waals surface area contributed by atoms with Gasteiger partial charge < -0.3 is 10.4 Å². The number of hydrogen-bond acceptors (Lipinski definition) is 4. The van der Waals surface area contributed by atoms with Gasteiger partial charge in [0.05, 0.1) is 10.5 Å². The zero-order valence-corrected chi connectivity index (χ0v) is 16.6. The molecular formula is C20H30N2O4S. The maximum Gasteiger partial charge on any atom is 0.240 e. The van der Waals surface area contributed by atoms with Crippen LogP contribution in [0, 0.1) is 0 Å². The Morgan fingerprint density at radius 1 is 1.07 bits per heavy atom. The molecule has 6 nitrogen and oxygen atoms in total. The van der Waals surface area contributed by atoms with Crippen molar-refractivity contribution in [1.29, 1.82) is 0 Å². The number of sulfonamides is 1. The van der Waals surface area contributed by atoms with Gasteiger partial charge in [-0.2, -0.15) is 0 Å². The fraction of sp³-hybridized carbons (Fsp3) is 0.650. The quantitative estimate of drug-likeness (QED) is 0.630. The number of aliphatic hydroxyl groups is 1. The molecule has 2 aliphatic carbocycles. The summed E-state index contributed by atoms with van der Waals surface area (Å²) in [7, 11) is -3.47. The maximum absolute atomic E-state index is 12.4. The van der Waals surface area contributed by atoms with Gasteiger partial charge in [0, 0.05) is 19.0 Å². The third-order valence-electron chi connectivity index (χ3n) is 5.70. The van der Waals surface area contributed by atoms with Gasteiger partial charge in [-0.15, -0.1) is 0 Å². The Labute approximate surface area is 161 Å². The highest BCUT2D eigenvalue weighted by atomic mass is 32.2. The lowest BCUT2D eigenvalue weighted by atomic mass is 10.0. The van der Waals surface area contributed by atoms with E-state index in [2.05, 4.69) is 10.0 Å². The number of carbonyl (C=O) groups is 1.